The van der Waals surface area contributed by atoms with Crippen molar-refractivity contribution in [3.8, 4) is 0 Å². The van der Waals surface area contributed by atoms with Crippen molar-refractivity contribution in [1.29, 1.82) is 0 Å². The van der Waals surface area contributed by atoms with Crippen LogP contribution in [0.25, 0.3) is 0 Å². The summed E-state index contributed by atoms with van der Waals surface area (Å²) in [5, 5.41) is 10.3. The normalized spacial score (nSPS) is 21.3. The fourth-order valence-electron chi connectivity index (χ4n) is 3.39. The predicted octanol–water partition coefficient (Wildman–Crippen LogP) is 1.90. The summed E-state index contributed by atoms with van der Waals surface area (Å²) < 4.78 is 13.1. The molecule has 1 saturated heterocycles. The summed E-state index contributed by atoms with van der Waals surface area (Å²) in [6.45, 7) is 0.494. The first-order chi connectivity index (χ1) is 12.0. The van der Waals surface area contributed by atoms with Crippen molar-refractivity contribution in [1.82, 2.24) is 4.90 Å². The van der Waals surface area contributed by atoms with Crippen molar-refractivity contribution in [2.75, 3.05) is 6.54 Å². The number of carbonyl (C=O) groups excluding carboxylic acids is 1. The summed E-state index contributed by atoms with van der Waals surface area (Å²) in [6, 6.07) is 14.9. The van der Waals surface area contributed by atoms with E-state index in [0.29, 0.717) is 25.8 Å². The zero-order valence-corrected chi connectivity index (χ0v) is 14.0. The van der Waals surface area contributed by atoms with Gasteiger partial charge >= 0.3 is 0 Å². The molecule has 0 unspecified atom stereocenters. The number of aliphatic hydroxyl groups excluding tert-OH is 1. The van der Waals surface area contributed by atoms with Crippen LogP contribution in [0, 0.1) is 5.82 Å². The van der Waals surface area contributed by atoms with Crippen molar-refractivity contribution in [3.63, 3.8) is 0 Å². The summed E-state index contributed by atoms with van der Waals surface area (Å²) in [5.74, 6) is -0.443. The standard InChI is InChI=1S/C20H23FN2O2/c21-16-8-6-15(7-9-16)13-18-19(24)10-11-23(18)20(25)17(22)12-14-4-2-1-3-5-14/h1-9,17-19,24H,10-13,22H2/t17-,18-,19-/m0/s1. The molecule has 1 amide bonds. The lowest BCUT2D eigenvalue weighted by atomic mass is 10.0. The largest absolute Gasteiger partial charge is 0.391 e. The van der Waals surface area contributed by atoms with Crippen LogP contribution >= 0.6 is 0 Å². The lowest BCUT2D eigenvalue weighted by molar-refractivity contribution is -0.134. The summed E-state index contributed by atoms with van der Waals surface area (Å²) >= 11 is 0. The molecule has 3 N–H and O–H groups in total. The van der Waals surface area contributed by atoms with Crippen molar-refractivity contribution in [2.24, 2.45) is 5.73 Å². The number of amides is 1. The number of aliphatic hydroxyl groups is 1. The van der Waals surface area contributed by atoms with E-state index in [1.807, 2.05) is 30.3 Å². The first-order valence-electron chi connectivity index (χ1n) is 8.57. The molecule has 5 heteroatoms. The third kappa shape index (κ3) is 4.24. The number of rotatable bonds is 5. The molecule has 132 valence electrons. The van der Waals surface area contributed by atoms with Gasteiger partial charge in [-0.25, -0.2) is 4.39 Å². The molecule has 1 aliphatic rings. The third-order valence-electron chi connectivity index (χ3n) is 4.77. The van der Waals surface area contributed by atoms with E-state index in [4.69, 9.17) is 5.73 Å². The number of nitrogens with two attached hydrogens (primary N) is 1. The number of benzene rings is 2. The van der Waals surface area contributed by atoms with Crippen molar-refractivity contribution in [2.45, 2.75) is 37.5 Å². The lowest BCUT2D eigenvalue weighted by Gasteiger charge is -2.29. The average molecular weight is 342 g/mol. The molecule has 3 rings (SSSR count). The molecule has 0 aliphatic carbocycles. The quantitative estimate of drug-likeness (QED) is 0.872. The molecule has 2 aromatic carbocycles. The maximum absolute atomic E-state index is 13.1. The SMILES string of the molecule is N[C@@H](Cc1ccccc1)C(=O)N1CC[C@H](O)[C@@H]1Cc1ccc(F)cc1. The van der Waals surface area contributed by atoms with Crippen molar-refractivity contribution >= 4 is 5.91 Å². The zero-order valence-electron chi connectivity index (χ0n) is 14.0. The van der Waals surface area contributed by atoms with Crippen LogP contribution in [-0.4, -0.2) is 40.6 Å². The Balaban J connectivity index is 1.68. The Bertz CT molecular complexity index is 705. The van der Waals surface area contributed by atoms with Crippen LogP contribution in [0.3, 0.4) is 0 Å². The number of carbonyl (C=O) groups is 1. The van der Waals surface area contributed by atoms with Gasteiger partial charge in [-0.2, -0.15) is 0 Å². The van der Waals surface area contributed by atoms with E-state index in [2.05, 4.69) is 0 Å². The Morgan fingerprint density at radius 1 is 1.16 bits per heavy atom. The first-order valence-corrected chi connectivity index (χ1v) is 8.57. The van der Waals surface area contributed by atoms with Crippen LogP contribution in [0.2, 0.25) is 0 Å². The van der Waals surface area contributed by atoms with Crippen LogP contribution in [0.5, 0.6) is 0 Å². The van der Waals surface area contributed by atoms with E-state index in [1.54, 1.807) is 17.0 Å². The third-order valence-corrected chi connectivity index (χ3v) is 4.77. The number of halogens is 1. The number of hydrogen-bond acceptors (Lipinski definition) is 3. The maximum Gasteiger partial charge on any atom is 0.240 e. The Morgan fingerprint density at radius 3 is 2.52 bits per heavy atom. The van der Waals surface area contributed by atoms with E-state index in [9.17, 15) is 14.3 Å². The van der Waals surface area contributed by atoms with Crippen LogP contribution < -0.4 is 5.73 Å². The van der Waals surface area contributed by atoms with Gasteiger partial charge in [0.05, 0.1) is 18.2 Å². The molecular formula is C20H23FN2O2. The van der Waals surface area contributed by atoms with Crippen LogP contribution in [0.4, 0.5) is 4.39 Å². The first kappa shape index (κ1) is 17.6. The molecule has 0 saturated carbocycles. The molecule has 0 spiro atoms. The van der Waals surface area contributed by atoms with E-state index in [1.165, 1.54) is 12.1 Å². The van der Waals surface area contributed by atoms with Gasteiger partial charge in [-0.1, -0.05) is 42.5 Å². The molecule has 3 atom stereocenters. The van der Waals surface area contributed by atoms with Gasteiger partial charge in [0.1, 0.15) is 5.82 Å². The van der Waals surface area contributed by atoms with Gasteiger partial charge in [0.15, 0.2) is 0 Å². The second-order valence-electron chi connectivity index (χ2n) is 6.58. The summed E-state index contributed by atoms with van der Waals surface area (Å²) in [5.41, 5.74) is 8.03. The second kappa shape index (κ2) is 7.76. The van der Waals surface area contributed by atoms with Gasteiger partial charge in [0.25, 0.3) is 0 Å². The van der Waals surface area contributed by atoms with Crippen molar-refractivity contribution in [3.05, 3.63) is 71.5 Å². The molecular weight excluding hydrogens is 319 g/mol. The van der Waals surface area contributed by atoms with Gasteiger partial charge in [0, 0.05) is 6.54 Å². The highest BCUT2D eigenvalue weighted by molar-refractivity contribution is 5.82. The number of hydrogen-bond donors (Lipinski definition) is 2. The van der Waals surface area contributed by atoms with Gasteiger partial charge in [-0.3, -0.25) is 4.79 Å². The van der Waals surface area contributed by atoms with Gasteiger partial charge in [-0.15, -0.1) is 0 Å². The van der Waals surface area contributed by atoms with Gasteiger partial charge < -0.3 is 15.7 Å². The molecule has 1 fully saturated rings. The Hall–Kier alpha value is -2.24. The van der Waals surface area contributed by atoms with Crippen LogP contribution in [-0.2, 0) is 17.6 Å². The minimum atomic E-state index is -0.636. The zero-order chi connectivity index (χ0) is 17.8. The molecule has 0 bridgehead atoms. The Morgan fingerprint density at radius 2 is 1.84 bits per heavy atom. The van der Waals surface area contributed by atoms with Crippen LogP contribution in [0.15, 0.2) is 54.6 Å². The highest BCUT2D eigenvalue weighted by Crippen LogP contribution is 2.23. The van der Waals surface area contributed by atoms with E-state index in [0.717, 1.165) is 11.1 Å². The number of nitrogens with zero attached hydrogens (tertiary/aromatic N) is 1. The monoisotopic (exact) mass is 342 g/mol. The second-order valence-corrected chi connectivity index (χ2v) is 6.58. The minimum absolute atomic E-state index is 0.146. The topological polar surface area (TPSA) is 66.6 Å². The minimum Gasteiger partial charge on any atom is -0.391 e. The Labute approximate surface area is 147 Å². The highest BCUT2D eigenvalue weighted by Gasteiger charge is 2.37. The van der Waals surface area contributed by atoms with E-state index >= 15 is 0 Å². The highest BCUT2D eigenvalue weighted by atomic mass is 19.1. The average Bonchev–Trinajstić information content (AvgIpc) is 2.98. The lowest BCUT2D eigenvalue weighted by Crippen LogP contribution is -2.49. The van der Waals surface area contributed by atoms with Crippen molar-refractivity contribution < 1.29 is 14.3 Å². The summed E-state index contributed by atoms with van der Waals surface area (Å²) in [6.07, 6.45) is 0.911. The smallest absolute Gasteiger partial charge is 0.240 e. The van der Waals surface area contributed by atoms with Gasteiger partial charge in [0.2, 0.25) is 5.91 Å². The predicted molar refractivity (Wildman–Crippen MR) is 94.4 cm³/mol. The Kier molecular flexibility index (Phi) is 5.46. The maximum atomic E-state index is 13.1. The van der Waals surface area contributed by atoms with E-state index < -0.39 is 12.1 Å². The molecule has 0 aromatic heterocycles. The molecule has 1 aliphatic heterocycles. The fourth-order valence-corrected chi connectivity index (χ4v) is 3.39. The summed E-state index contributed by atoms with van der Waals surface area (Å²) in [7, 11) is 0. The van der Waals surface area contributed by atoms with Crippen LogP contribution in [0.1, 0.15) is 17.5 Å². The summed E-state index contributed by atoms with van der Waals surface area (Å²) in [4.78, 5) is 14.5. The molecule has 25 heavy (non-hydrogen) atoms. The van der Waals surface area contributed by atoms with E-state index in [-0.39, 0.29) is 17.8 Å². The number of likely N-dealkylation sites (tertiary alicyclic amines) is 1. The molecule has 2 aromatic rings. The fraction of sp³-hybridized carbons (Fsp3) is 0.350. The molecule has 1 heterocycles. The molecule has 0 radical (unpaired) electrons. The van der Waals surface area contributed by atoms with Gasteiger partial charge in [-0.05, 0) is 42.5 Å². The molecule has 4 nitrogen and oxygen atoms in total.